The summed E-state index contributed by atoms with van der Waals surface area (Å²) in [5.74, 6) is 0. The first-order valence-electron chi connectivity index (χ1n) is 13.7. The second-order valence-corrected chi connectivity index (χ2v) is 11.7. The highest BCUT2D eigenvalue weighted by molar-refractivity contribution is 7.94. The Morgan fingerprint density at radius 2 is 0.694 bits per heavy atom. The number of nitrogens with zero attached hydrogens (tertiary/aromatic N) is 2. The fourth-order valence-corrected chi connectivity index (χ4v) is 6.16. The van der Waals surface area contributed by atoms with Crippen LogP contribution in [-0.4, -0.2) is 82.7 Å². The van der Waals surface area contributed by atoms with Crippen LogP contribution < -0.4 is 5.26 Å². The summed E-state index contributed by atoms with van der Waals surface area (Å²) in [5, 5.41) is 9.01. The third-order valence-electron chi connectivity index (χ3n) is 5.83. The molecule has 0 aromatic heterocycles. The molecule has 0 unspecified atom stereocenters. The van der Waals surface area contributed by atoms with Gasteiger partial charge in [-0.1, -0.05) is 55.4 Å². The molecule has 0 saturated heterocycles. The van der Waals surface area contributed by atoms with Crippen molar-refractivity contribution in [3.05, 3.63) is 0 Å². The Balaban J connectivity index is -0.000000459. The third-order valence-corrected chi connectivity index (χ3v) is 7.33. The van der Waals surface area contributed by atoms with E-state index in [1.165, 1.54) is 113 Å². The van der Waals surface area contributed by atoms with E-state index in [0.717, 1.165) is 0 Å². The largest absolute Gasteiger partial charge is 0.725 e. The van der Waals surface area contributed by atoms with Crippen molar-refractivity contribution in [1.82, 2.24) is 0 Å². The second kappa shape index (κ2) is 22.6. The molecule has 0 radical (unpaired) electrons. The molecule has 0 aliphatic carbocycles. The average Bonchev–Trinajstić information content (AvgIpc) is 2.75. The summed E-state index contributed by atoms with van der Waals surface area (Å²) in [6.45, 7) is 29.6. The van der Waals surface area contributed by atoms with E-state index in [9.17, 15) is 21.4 Å². The highest BCUT2D eigenvalue weighted by Gasteiger charge is 2.23. The Hall–Kier alpha value is -0.340. The first-order valence-corrected chi connectivity index (χ1v) is 16.4. The van der Waals surface area contributed by atoms with Crippen LogP contribution in [0.4, 0.5) is 0 Å². The minimum absolute atomic E-state index is 1.33. The predicted octanol–water partition coefficient (Wildman–Crippen LogP) is 3.89. The van der Waals surface area contributed by atoms with E-state index in [4.69, 9.17) is 5.26 Å². The monoisotopic (exact) mass is 564 g/mol. The van der Waals surface area contributed by atoms with Crippen molar-refractivity contribution >= 4 is 20.8 Å². The molecule has 36 heavy (non-hydrogen) atoms. The molecule has 0 aliphatic heterocycles. The molecule has 0 N–H and O–H groups in total. The summed E-state index contributed by atoms with van der Waals surface area (Å²) in [7, 11) is -10.7. The van der Waals surface area contributed by atoms with Gasteiger partial charge in [0.1, 0.15) is 0 Å². The molecule has 0 rings (SSSR count). The van der Waals surface area contributed by atoms with Crippen LogP contribution in [0.5, 0.6) is 0 Å². The van der Waals surface area contributed by atoms with Gasteiger partial charge in [0.2, 0.25) is 10.4 Å². The van der Waals surface area contributed by atoms with Gasteiger partial charge in [0, 0.05) is 0 Å². The molecule has 0 aromatic rings. The van der Waals surface area contributed by atoms with Crippen LogP contribution in [0, 0.1) is 0 Å². The van der Waals surface area contributed by atoms with Crippen molar-refractivity contribution < 1.29 is 43.6 Å². The molecule has 0 aliphatic rings. The molecular weight excluding hydrogens is 508 g/mol. The summed E-state index contributed by atoms with van der Waals surface area (Å²) in [4.78, 5) is 0. The van der Waals surface area contributed by atoms with Crippen molar-refractivity contribution in [3.8, 4) is 0 Å². The fourth-order valence-electron chi connectivity index (χ4n) is 5.25. The van der Waals surface area contributed by atoms with E-state index in [1.807, 2.05) is 0 Å². The van der Waals surface area contributed by atoms with Crippen molar-refractivity contribution in [1.29, 1.82) is 0 Å². The first-order chi connectivity index (χ1) is 16.8. The van der Waals surface area contributed by atoms with E-state index in [1.54, 1.807) is 0 Å². The quantitative estimate of drug-likeness (QED) is 0.0759. The number of hydrogen-bond donors (Lipinski definition) is 0. The highest BCUT2D eigenvalue weighted by atomic mass is 32.3. The number of hydrogen-bond acceptors (Lipinski definition) is 8. The molecule has 0 amide bonds. The Labute approximate surface area is 223 Å². The standard InChI is InChI=1S/2C12H28N.H2O8S2/c2*1-5-9-13(10-6-2,11-7-3)12-8-4;1-7-10(5,6)8-9(2,3)4/h2*5-12H2,1-4H3;1H,(H,2,3,4)/q2*+1;/p-2. The van der Waals surface area contributed by atoms with Crippen LogP contribution in [-0.2, 0) is 28.8 Å². The van der Waals surface area contributed by atoms with Crippen molar-refractivity contribution in [2.75, 3.05) is 52.4 Å². The third kappa shape index (κ3) is 21.7. The Kier molecular flexibility index (Phi) is 25.2. The molecule has 0 spiro atoms. The van der Waals surface area contributed by atoms with Crippen molar-refractivity contribution in [2.45, 2.75) is 107 Å². The lowest BCUT2D eigenvalue weighted by atomic mass is 10.2. The maximum Gasteiger partial charge on any atom is 0.405 e. The van der Waals surface area contributed by atoms with E-state index < -0.39 is 20.8 Å². The number of rotatable bonds is 19. The zero-order valence-electron chi connectivity index (χ0n) is 24.3. The maximum atomic E-state index is 9.68. The molecular formula is C24H56N2O8S2. The van der Waals surface area contributed by atoms with Crippen LogP contribution in [0.3, 0.4) is 0 Å². The van der Waals surface area contributed by atoms with Gasteiger partial charge in [0.15, 0.2) is 0 Å². The fraction of sp³-hybridized carbons (Fsp3) is 1.00. The molecule has 12 heteroatoms. The van der Waals surface area contributed by atoms with Gasteiger partial charge in [-0.25, -0.2) is 8.42 Å². The number of quaternary nitrogens is 2. The summed E-state index contributed by atoms with van der Waals surface area (Å²) in [6, 6.07) is 0. The molecule has 0 bridgehead atoms. The Bertz CT molecular complexity index is 614. The summed E-state index contributed by atoms with van der Waals surface area (Å²) >= 11 is 0. The lowest BCUT2D eigenvalue weighted by molar-refractivity contribution is -0.928. The molecule has 0 atom stereocenters. The molecule has 10 nitrogen and oxygen atoms in total. The van der Waals surface area contributed by atoms with E-state index in [0.29, 0.717) is 0 Å². The molecule has 0 saturated carbocycles. The van der Waals surface area contributed by atoms with Crippen molar-refractivity contribution in [2.24, 2.45) is 0 Å². The summed E-state index contributed by atoms with van der Waals surface area (Å²) in [5.41, 5.74) is 0. The van der Waals surface area contributed by atoms with Crippen LogP contribution in [0.25, 0.3) is 0 Å². The van der Waals surface area contributed by atoms with Gasteiger partial charge in [-0.05, 0) is 51.4 Å². The molecule has 0 aromatic carbocycles. The zero-order valence-corrected chi connectivity index (χ0v) is 25.9. The van der Waals surface area contributed by atoms with Crippen molar-refractivity contribution in [3.63, 3.8) is 0 Å². The Morgan fingerprint density at radius 1 is 0.500 bits per heavy atom. The smallest absolute Gasteiger partial charge is 0.405 e. The van der Waals surface area contributed by atoms with Gasteiger partial charge in [-0.15, -0.1) is 3.63 Å². The predicted molar refractivity (Wildman–Crippen MR) is 143 cm³/mol. The van der Waals surface area contributed by atoms with Crippen LogP contribution in [0.1, 0.15) is 107 Å². The molecule has 222 valence electrons. The van der Waals surface area contributed by atoms with Gasteiger partial charge >= 0.3 is 10.4 Å². The van der Waals surface area contributed by atoms with Crippen LogP contribution in [0.2, 0.25) is 0 Å². The minimum atomic E-state index is -5.46. The van der Waals surface area contributed by atoms with Gasteiger partial charge in [-0.2, -0.15) is 8.42 Å². The Morgan fingerprint density at radius 3 is 0.778 bits per heavy atom. The van der Waals surface area contributed by atoms with Crippen LogP contribution in [0.15, 0.2) is 0 Å². The maximum absolute atomic E-state index is 9.68. The van der Waals surface area contributed by atoms with Gasteiger partial charge in [0.05, 0.1) is 52.4 Å². The van der Waals surface area contributed by atoms with E-state index in [-0.39, 0.29) is 0 Å². The minimum Gasteiger partial charge on any atom is -0.725 e. The average molecular weight is 565 g/mol. The van der Waals surface area contributed by atoms with E-state index >= 15 is 0 Å². The zero-order chi connectivity index (χ0) is 28.7. The van der Waals surface area contributed by atoms with E-state index in [2.05, 4.69) is 63.4 Å². The van der Waals surface area contributed by atoms with Gasteiger partial charge in [0.25, 0.3) is 0 Å². The summed E-state index contributed by atoms with van der Waals surface area (Å²) < 4.78 is 55.3. The van der Waals surface area contributed by atoms with Crippen LogP contribution >= 0.6 is 0 Å². The molecule has 0 heterocycles. The first kappa shape index (κ1) is 40.2. The lowest BCUT2D eigenvalue weighted by Gasteiger charge is -2.38. The topological polar surface area (TPSA) is 133 Å². The SMILES string of the molecule is CCC[N+](CCC)(CCC)CCC.CCC[N+](CCC)(CCC)CCC.O=S(=O)([O-])OS(=O)(=O)O[O-]. The summed E-state index contributed by atoms with van der Waals surface area (Å²) in [6.07, 6.45) is 10.7. The lowest BCUT2D eigenvalue weighted by Crippen LogP contribution is -2.50. The van der Waals surface area contributed by atoms with Gasteiger partial charge < -0.3 is 23.1 Å². The second-order valence-electron chi connectivity index (χ2n) is 9.42. The molecule has 0 fully saturated rings. The normalized spacial score (nSPS) is 12.4. The van der Waals surface area contributed by atoms with Gasteiger partial charge in [-0.3, -0.25) is 0 Å². The highest BCUT2D eigenvalue weighted by Crippen LogP contribution is 2.13.